The molecular formula is C25H37N3O6. The van der Waals surface area contributed by atoms with Gasteiger partial charge in [-0.15, -0.1) is 5.10 Å². The zero-order valence-corrected chi connectivity index (χ0v) is 20.7. The lowest BCUT2D eigenvalue weighted by molar-refractivity contribution is -0.145. The van der Waals surface area contributed by atoms with Crippen LogP contribution in [0.2, 0.25) is 0 Å². The van der Waals surface area contributed by atoms with Crippen molar-refractivity contribution in [2.24, 2.45) is 7.05 Å². The van der Waals surface area contributed by atoms with Gasteiger partial charge in [0.1, 0.15) is 18.5 Å². The van der Waals surface area contributed by atoms with Crippen LogP contribution in [0.1, 0.15) is 64.9 Å². The van der Waals surface area contributed by atoms with Gasteiger partial charge in [-0.1, -0.05) is 51.7 Å². The third-order valence-electron chi connectivity index (χ3n) is 5.31. The lowest BCUT2D eigenvalue weighted by atomic mass is 10.1. The fourth-order valence-electron chi connectivity index (χ4n) is 3.32. The molecule has 0 bridgehead atoms. The molecule has 0 spiro atoms. The molecule has 188 valence electrons. The van der Waals surface area contributed by atoms with E-state index < -0.39 is 11.2 Å². The van der Waals surface area contributed by atoms with E-state index >= 15 is 0 Å². The summed E-state index contributed by atoms with van der Waals surface area (Å²) in [5.41, 5.74) is -0.0208. The van der Waals surface area contributed by atoms with Crippen LogP contribution in [0.25, 0.3) is 0 Å². The second kappa shape index (κ2) is 14.2. The molecule has 1 heterocycles. The maximum absolute atomic E-state index is 12.4. The Labute approximate surface area is 200 Å². The fourth-order valence-corrected chi connectivity index (χ4v) is 3.32. The van der Waals surface area contributed by atoms with Gasteiger partial charge >= 0.3 is 17.2 Å². The molecule has 9 nitrogen and oxygen atoms in total. The maximum Gasteiger partial charge on any atom is 0.347 e. The van der Waals surface area contributed by atoms with Crippen LogP contribution >= 0.6 is 0 Å². The Morgan fingerprint density at radius 1 is 1.12 bits per heavy atom. The molecule has 0 aliphatic rings. The van der Waals surface area contributed by atoms with E-state index in [1.54, 1.807) is 6.92 Å². The van der Waals surface area contributed by atoms with Crippen molar-refractivity contribution in [2.75, 3.05) is 13.2 Å². The Bertz CT molecular complexity index is 1030. The molecule has 1 unspecified atom stereocenters. The highest BCUT2D eigenvalue weighted by molar-refractivity contribution is 5.68. The number of hydrogen-bond donors (Lipinski definition) is 0. The summed E-state index contributed by atoms with van der Waals surface area (Å²) in [5, 5.41) is 4.16. The zero-order valence-electron chi connectivity index (χ0n) is 20.7. The summed E-state index contributed by atoms with van der Waals surface area (Å²) < 4.78 is 18.9. The van der Waals surface area contributed by atoms with Gasteiger partial charge in [0.2, 0.25) is 0 Å². The third-order valence-corrected chi connectivity index (χ3v) is 5.31. The number of benzene rings is 1. The minimum atomic E-state index is -0.542. The first-order chi connectivity index (χ1) is 16.3. The number of hydrogen-bond acceptors (Lipinski definition) is 7. The molecule has 1 aromatic carbocycles. The predicted octanol–water partition coefficient (Wildman–Crippen LogP) is 3.25. The van der Waals surface area contributed by atoms with Crippen LogP contribution in [0, 0.1) is 0 Å². The molecule has 34 heavy (non-hydrogen) atoms. The van der Waals surface area contributed by atoms with Crippen LogP contribution in [0.3, 0.4) is 0 Å². The minimum Gasteiger partial charge on any atom is -0.487 e. The summed E-state index contributed by atoms with van der Waals surface area (Å²) in [6, 6.07) is 7.51. The highest BCUT2D eigenvalue weighted by atomic mass is 16.6. The van der Waals surface area contributed by atoms with Crippen LogP contribution in [0.4, 0.5) is 0 Å². The molecule has 0 radical (unpaired) electrons. The van der Waals surface area contributed by atoms with E-state index in [1.807, 2.05) is 31.2 Å². The van der Waals surface area contributed by atoms with Gasteiger partial charge in [-0.25, -0.2) is 9.48 Å². The first kappa shape index (κ1) is 27.1. The van der Waals surface area contributed by atoms with E-state index in [1.165, 1.54) is 18.2 Å². The first-order valence-corrected chi connectivity index (χ1v) is 12.1. The van der Waals surface area contributed by atoms with Crippen molar-refractivity contribution in [3.8, 4) is 11.6 Å². The molecule has 2 aromatic rings. The Hall–Kier alpha value is -3.10. The topological polar surface area (TPSA) is 102 Å². The predicted molar refractivity (Wildman–Crippen MR) is 129 cm³/mol. The van der Waals surface area contributed by atoms with Crippen molar-refractivity contribution in [1.82, 2.24) is 14.3 Å². The Balaban J connectivity index is 1.93. The second-order valence-electron chi connectivity index (χ2n) is 8.30. The summed E-state index contributed by atoms with van der Waals surface area (Å²) in [7, 11) is 1.44. The molecule has 0 saturated heterocycles. The summed E-state index contributed by atoms with van der Waals surface area (Å²) in [6.45, 7) is 6.59. The maximum atomic E-state index is 12.4. The zero-order chi connectivity index (χ0) is 24.9. The second-order valence-corrected chi connectivity index (χ2v) is 8.30. The first-order valence-electron chi connectivity index (χ1n) is 12.1. The number of aryl methyl sites for hydroxylation is 1. The van der Waals surface area contributed by atoms with Crippen LogP contribution < -0.4 is 20.7 Å². The Morgan fingerprint density at radius 3 is 2.62 bits per heavy atom. The molecule has 0 fully saturated rings. The average molecular weight is 476 g/mol. The van der Waals surface area contributed by atoms with Gasteiger partial charge in [0.25, 0.3) is 5.88 Å². The summed E-state index contributed by atoms with van der Waals surface area (Å²) in [6.07, 6.45) is 5.85. The highest BCUT2D eigenvalue weighted by Gasteiger charge is 2.12. The van der Waals surface area contributed by atoms with Crippen LogP contribution in [-0.4, -0.2) is 39.6 Å². The molecule has 0 amide bonds. The van der Waals surface area contributed by atoms with Crippen LogP contribution in [0.5, 0.6) is 11.6 Å². The number of esters is 1. The van der Waals surface area contributed by atoms with Crippen molar-refractivity contribution in [2.45, 2.75) is 78.4 Å². The normalized spacial score (nSPS) is 11.8. The van der Waals surface area contributed by atoms with Crippen molar-refractivity contribution in [3.05, 3.63) is 50.7 Å². The number of carbonyl (C=O) groups excluding carboxylic acids is 1. The van der Waals surface area contributed by atoms with Gasteiger partial charge in [0.15, 0.2) is 0 Å². The number of nitrogens with zero attached hydrogens (tertiary/aromatic N) is 3. The number of aromatic nitrogens is 3. The van der Waals surface area contributed by atoms with Crippen molar-refractivity contribution >= 4 is 5.97 Å². The van der Waals surface area contributed by atoms with E-state index in [-0.39, 0.29) is 31.2 Å². The quantitative estimate of drug-likeness (QED) is 0.288. The monoisotopic (exact) mass is 475 g/mol. The molecular weight excluding hydrogens is 438 g/mol. The van der Waals surface area contributed by atoms with Gasteiger partial charge in [-0.3, -0.25) is 14.2 Å². The number of rotatable bonds is 15. The molecule has 0 N–H and O–H groups in total. The van der Waals surface area contributed by atoms with Crippen LogP contribution in [0.15, 0.2) is 33.9 Å². The van der Waals surface area contributed by atoms with E-state index in [0.717, 1.165) is 35.8 Å². The van der Waals surface area contributed by atoms with E-state index in [2.05, 4.69) is 12.0 Å². The third kappa shape index (κ3) is 8.68. The molecule has 0 aliphatic heterocycles. The number of carbonyl (C=O) groups is 1. The summed E-state index contributed by atoms with van der Waals surface area (Å²) in [4.78, 5) is 36.1. The number of unbranched alkanes of at least 4 members (excludes halogenated alkanes) is 4. The average Bonchev–Trinajstić information content (AvgIpc) is 2.83. The molecule has 1 aromatic heterocycles. The number of ether oxygens (including phenoxy) is 3. The smallest absolute Gasteiger partial charge is 0.347 e. The van der Waals surface area contributed by atoms with Gasteiger partial charge in [-0.05, 0) is 31.0 Å². The van der Waals surface area contributed by atoms with E-state index in [0.29, 0.717) is 25.1 Å². The standard InChI is InChI=1S/C25H37N3O6/c1-5-7-8-9-10-15-28-25(31)27(4)24(30)23(26-28)32-16-14-20-12-11-13-21(17-20)34-19(3)18-33-22(29)6-2/h11-13,17,19H,5-10,14-16,18H2,1-4H3. The lowest BCUT2D eigenvalue weighted by Gasteiger charge is -2.15. The summed E-state index contributed by atoms with van der Waals surface area (Å²) in [5.74, 6) is 0.321. The minimum absolute atomic E-state index is 0.0746. The Morgan fingerprint density at radius 2 is 1.88 bits per heavy atom. The lowest BCUT2D eigenvalue weighted by Crippen LogP contribution is -2.40. The van der Waals surface area contributed by atoms with Crippen LogP contribution in [-0.2, 0) is 29.5 Å². The van der Waals surface area contributed by atoms with Gasteiger partial charge < -0.3 is 14.2 Å². The molecule has 2 rings (SSSR count). The van der Waals surface area contributed by atoms with Crippen molar-refractivity contribution < 1.29 is 19.0 Å². The highest BCUT2D eigenvalue weighted by Crippen LogP contribution is 2.16. The van der Waals surface area contributed by atoms with Gasteiger partial charge in [0.05, 0.1) is 6.61 Å². The fraction of sp³-hybridized carbons (Fsp3) is 0.600. The molecule has 1 atom stereocenters. The van der Waals surface area contributed by atoms with Gasteiger partial charge in [-0.2, -0.15) is 0 Å². The summed E-state index contributed by atoms with van der Waals surface area (Å²) >= 11 is 0. The Kier molecular flexibility index (Phi) is 11.4. The molecule has 0 saturated carbocycles. The van der Waals surface area contributed by atoms with Crippen molar-refractivity contribution in [3.63, 3.8) is 0 Å². The molecule has 9 heteroatoms. The van der Waals surface area contributed by atoms with E-state index in [9.17, 15) is 14.4 Å². The van der Waals surface area contributed by atoms with Crippen molar-refractivity contribution in [1.29, 1.82) is 0 Å². The SMILES string of the molecule is CCCCCCCn1nc(OCCc2cccc(OC(C)COC(=O)CC)c2)c(=O)n(C)c1=O. The molecule has 0 aliphatic carbocycles. The van der Waals surface area contributed by atoms with E-state index in [4.69, 9.17) is 14.2 Å². The van der Waals surface area contributed by atoms with Gasteiger partial charge in [0, 0.05) is 26.4 Å². The largest absolute Gasteiger partial charge is 0.487 e.